The topological polar surface area (TPSA) is 128 Å². The first-order valence-electron chi connectivity index (χ1n) is 8.43. The Hall–Kier alpha value is -4.30. The summed E-state index contributed by atoms with van der Waals surface area (Å²) in [5.41, 5.74) is -11.7. The molecule has 0 aliphatic carbocycles. The normalized spacial score (nSPS) is 15.2. The van der Waals surface area contributed by atoms with Gasteiger partial charge in [-0.25, -0.2) is 4.79 Å². The molecule has 0 saturated carbocycles. The first kappa shape index (κ1) is 23.4. The number of nitro groups is 1. The summed E-state index contributed by atoms with van der Waals surface area (Å²) in [4.78, 5) is 49.7. The molecule has 1 amide bonds. The number of amides is 1. The van der Waals surface area contributed by atoms with Crippen LogP contribution in [-0.4, -0.2) is 28.3 Å². The zero-order valence-corrected chi connectivity index (χ0v) is 15.6. The maximum Gasteiger partial charge on any atom is 0.423 e. The molecule has 0 aromatic heterocycles. The van der Waals surface area contributed by atoms with Crippen LogP contribution in [0.15, 0.2) is 41.6 Å². The van der Waals surface area contributed by atoms with Crippen LogP contribution in [0.5, 0.6) is 0 Å². The minimum Gasteiger partial charge on any atom is -0.318 e. The molecule has 2 aromatic carbocycles. The molecule has 1 heterocycles. The highest BCUT2D eigenvalue weighted by Crippen LogP contribution is 2.49. The van der Waals surface area contributed by atoms with Gasteiger partial charge in [0.05, 0.1) is 21.7 Å². The molecule has 1 aliphatic heterocycles. The first-order chi connectivity index (χ1) is 15.2. The number of nitrogens with zero attached hydrogens (tertiary/aromatic N) is 2. The third-order valence-electron chi connectivity index (χ3n) is 4.21. The monoisotopic (exact) mass is 475 g/mol. The molecule has 33 heavy (non-hydrogen) atoms. The third kappa shape index (κ3) is 4.37. The maximum atomic E-state index is 13.8. The Morgan fingerprint density at radius 3 is 2.15 bits per heavy atom. The van der Waals surface area contributed by atoms with Gasteiger partial charge >= 0.3 is 18.3 Å². The van der Waals surface area contributed by atoms with Crippen LogP contribution in [0.3, 0.4) is 0 Å². The summed E-state index contributed by atoms with van der Waals surface area (Å²) in [6.07, 6.45) is -11.5. The summed E-state index contributed by atoms with van der Waals surface area (Å²) < 4.78 is 81.2. The molecule has 0 bridgehead atoms. The number of alkyl halides is 6. The van der Waals surface area contributed by atoms with Crippen molar-refractivity contribution in [3.63, 3.8) is 0 Å². The molecule has 0 radical (unpaired) electrons. The minimum absolute atomic E-state index is 0.137. The number of nitrogens with one attached hydrogen (secondary N) is 1. The number of rotatable bonds is 3. The van der Waals surface area contributed by atoms with E-state index in [1.807, 2.05) is 0 Å². The quantitative estimate of drug-likeness (QED) is 0.237. The van der Waals surface area contributed by atoms with Crippen molar-refractivity contribution >= 4 is 34.7 Å². The second-order valence-electron chi connectivity index (χ2n) is 6.29. The van der Waals surface area contributed by atoms with E-state index < -0.39 is 68.7 Å². The van der Waals surface area contributed by atoms with E-state index in [2.05, 4.69) is 9.99 Å². The van der Waals surface area contributed by atoms with Crippen molar-refractivity contribution < 1.29 is 50.5 Å². The zero-order valence-electron chi connectivity index (χ0n) is 15.6. The molecule has 15 heteroatoms. The van der Waals surface area contributed by atoms with Crippen LogP contribution in [0.1, 0.15) is 27.0 Å². The SMILES string of the molecule is O=C1Nc2cc(C(F)(F)F)c([N+](=O)[O-])c(C(F)(F)F)c2C(=NOC(=O)c2ccccc2)C1=O. The largest absolute Gasteiger partial charge is 0.423 e. The molecule has 9 nitrogen and oxygen atoms in total. The molecule has 0 fully saturated rings. The number of oxime groups is 1. The second kappa shape index (κ2) is 7.99. The van der Waals surface area contributed by atoms with Gasteiger partial charge in [0.2, 0.25) is 0 Å². The molecule has 0 atom stereocenters. The van der Waals surface area contributed by atoms with Crippen LogP contribution in [0.4, 0.5) is 37.7 Å². The van der Waals surface area contributed by atoms with Gasteiger partial charge in [0, 0.05) is 0 Å². The van der Waals surface area contributed by atoms with Gasteiger partial charge in [-0.1, -0.05) is 23.4 Å². The Bertz CT molecular complexity index is 1220. The zero-order chi connectivity index (χ0) is 24.7. The number of carbonyl (C=O) groups is 3. The Balaban J connectivity index is 2.32. The summed E-state index contributed by atoms with van der Waals surface area (Å²) >= 11 is 0. The van der Waals surface area contributed by atoms with E-state index in [1.54, 1.807) is 0 Å². The fourth-order valence-electron chi connectivity index (χ4n) is 2.90. The van der Waals surface area contributed by atoms with Gasteiger partial charge in [-0.2, -0.15) is 26.3 Å². The van der Waals surface area contributed by atoms with E-state index in [9.17, 15) is 50.8 Å². The predicted molar refractivity (Wildman–Crippen MR) is 95.1 cm³/mol. The number of hydrogen-bond donors (Lipinski definition) is 1. The van der Waals surface area contributed by atoms with Crippen molar-refractivity contribution in [3.05, 3.63) is 68.8 Å². The molecule has 0 saturated heterocycles. The Kier molecular flexibility index (Phi) is 5.66. The van der Waals surface area contributed by atoms with Gasteiger partial charge in [0.1, 0.15) is 11.1 Å². The van der Waals surface area contributed by atoms with Gasteiger partial charge in [0.25, 0.3) is 17.4 Å². The van der Waals surface area contributed by atoms with Crippen LogP contribution >= 0.6 is 0 Å². The van der Waals surface area contributed by atoms with Crippen molar-refractivity contribution in [2.24, 2.45) is 5.16 Å². The second-order valence-corrected chi connectivity index (χ2v) is 6.29. The Morgan fingerprint density at radius 2 is 1.64 bits per heavy atom. The first-order valence-corrected chi connectivity index (χ1v) is 8.43. The van der Waals surface area contributed by atoms with Gasteiger partial charge in [-0.3, -0.25) is 19.7 Å². The number of nitro benzene ring substituents is 1. The smallest absolute Gasteiger partial charge is 0.318 e. The van der Waals surface area contributed by atoms with E-state index >= 15 is 0 Å². The third-order valence-corrected chi connectivity index (χ3v) is 4.21. The lowest BCUT2D eigenvalue weighted by atomic mass is 9.90. The summed E-state index contributed by atoms with van der Waals surface area (Å²) in [7, 11) is 0. The summed E-state index contributed by atoms with van der Waals surface area (Å²) in [5.74, 6) is -4.83. The highest BCUT2D eigenvalue weighted by molar-refractivity contribution is 6.72. The van der Waals surface area contributed by atoms with Crippen LogP contribution in [0.25, 0.3) is 0 Å². The molecule has 172 valence electrons. The van der Waals surface area contributed by atoms with Crippen molar-refractivity contribution in [3.8, 4) is 0 Å². The average molecular weight is 475 g/mol. The Labute approximate surface area is 177 Å². The van der Waals surface area contributed by atoms with Gasteiger partial charge in [-0.05, 0) is 18.2 Å². The van der Waals surface area contributed by atoms with Crippen molar-refractivity contribution in [2.45, 2.75) is 12.4 Å². The molecule has 2 aromatic rings. The van der Waals surface area contributed by atoms with Crippen molar-refractivity contribution in [1.82, 2.24) is 0 Å². The minimum atomic E-state index is -5.82. The molecule has 0 spiro atoms. The van der Waals surface area contributed by atoms with Crippen LogP contribution in [0.2, 0.25) is 0 Å². The van der Waals surface area contributed by atoms with E-state index in [0.717, 1.165) is 0 Å². The number of anilines is 1. The lowest BCUT2D eigenvalue weighted by molar-refractivity contribution is -0.391. The van der Waals surface area contributed by atoms with Gasteiger partial charge in [0.15, 0.2) is 5.71 Å². The van der Waals surface area contributed by atoms with E-state index in [1.165, 1.54) is 35.6 Å². The van der Waals surface area contributed by atoms with Crippen LogP contribution in [0, 0.1) is 10.1 Å². The number of hydrogen-bond acceptors (Lipinski definition) is 7. The predicted octanol–water partition coefficient (Wildman–Crippen LogP) is 3.71. The van der Waals surface area contributed by atoms with Gasteiger partial charge in [-0.15, -0.1) is 0 Å². The number of Topliss-reactive ketones (excluding diaryl/α,β-unsaturated/α-hetero) is 1. The number of benzene rings is 2. The number of carbonyl (C=O) groups excluding carboxylic acids is 3. The summed E-state index contributed by atoms with van der Waals surface area (Å²) in [6, 6.07) is 6.52. The van der Waals surface area contributed by atoms with Crippen LogP contribution in [-0.2, 0) is 26.8 Å². The maximum absolute atomic E-state index is 13.8. The Morgan fingerprint density at radius 1 is 1.03 bits per heavy atom. The summed E-state index contributed by atoms with van der Waals surface area (Å²) in [5, 5.41) is 15.7. The number of fused-ring (bicyclic) bond motifs is 1. The molecule has 1 N–H and O–H groups in total. The molecule has 0 unspecified atom stereocenters. The van der Waals surface area contributed by atoms with Crippen molar-refractivity contribution in [2.75, 3.05) is 5.32 Å². The summed E-state index contributed by atoms with van der Waals surface area (Å²) in [6.45, 7) is 0. The average Bonchev–Trinajstić information content (AvgIpc) is 2.71. The lowest BCUT2D eigenvalue weighted by Gasteiger charge is -2.23. The fraction of sp³-hybridized carbons (Fsp3) is 0.111. The molecule has 3 rings (SSSR count). The van der Waals surface area contributed by atoms with E-state index in [0.29, 0.717) is 0 Å². The van der Waals surface area contributed by atoms with E-state index in [4.69, 9.17) is 0 Å². The highest BCUT2D eigenvalue weighted by atomic mass is 19.4. The highest BCUT2D eigenvalue weighted by Gasteiger charge is 2.52. The lowest BCUT2D eigenvalue weighted by Crippen LogP contribution is -2.38. The fourth-order valence-corrected chi connectivity index (χ4v) is 2.90. The van der Waals surface area contributed by atoms with Crippen LogP contribution < -0.4 is 5.32 Å². The van der Waals surface area contributed by atoms with E-state index in [-0.39, 0.29) is 11.6 Å². The number of ketones is 1. The molecule has 1 aliphatic rings. The molecular weight excluding hydrogens is 468 g/mol. The molecular formula is C18H7F6N3O6. The van der Waals surface area contributed by atoms with Crippen molar-refractivity contribution in [1.29, 1.82) is 0 Å². The number of halogens is 6. The standard InChI is InChI=1S/C18H7F6N3O6/c19-17(20,21)8-6-9-10(11(18(22,23)24)13(8)27(31)32)12(14(28)15(29)25-9)26-33-16(30)7-4-2-1-3-5-7/h1-6H,(H,25,29). The van der Waals surface area contributed by atoms with Gasteiger partial charge < -0.3 is 10.2 Å².